The van der Waals surface area contributed by atoms with Crippen LogP contribution in [0.4, 0.5) is 4.39 Å². The SMILES string of the molecule is Cc1sc2nc(SCC(=O)N3C(C)CCCC3C)n(-c3ccc(F)cc3)c(=O)c2c1C. The van der Waals surface area contributed by atoms with Crippen LogP contribution in [0.3, 0.4) is 0 Å². The maximum atomic E-state index is 13.5. The van der Waals surface area contributed by atoms with Gasteiger partial charge in [-0.15, -0.1) is 11.3 Å². The Hall–Kier alpha value is -2.19. The molecule has 8 heteroatoms. The minimum atomic E-state index is -0.370. The molecule has 1 fully saturated rings. The molecular weight excluding hydrogens is 433 g/mol. The van der Waals surface area contributed by atoms with Crippen LogP contribution in [-0.4, -0.2) is 38.2 Å². The number of nitrogens with zero attached hydrogens (tertiary/aromatic N) is 3. The van der Waals surface area contributed by atoms with Crippen LogP contribution in [0.5, 0.6) is 0 Å². The summed E-state index contributed by atoms with van der Waals surface area (Å²) in [5, 5.41) is 1.04. The summed E-state index contributed by atoms with van der Waals surface area (Å²) < 4.78 is 15.0. The Labute approximate surface area is 189 Å². The number of aromatic nitrogens is 2. The predicted octanol–water partition coefficient (Wildman–Crippen LogP) is 5.08. The van der Waals surface area contributed by atoms with Crippen molar-refractivity contribution < 1.29 is 9.18 Å². The van der Waals surface area contributed by atoms with Crippen LogP contribution in [0.15, 0.2) is 34.2 Å². The number of carbonyl (C=O) groups excluding carboxylic acids is 1. The lowest BCUT2D eigenvalue weighted by molar-refractivity contribution is -0.134. The van der Waals surface area contributed by atoms with Gasteiger partial charge in [0, 0.05) is 17.0 Å². The quantitative estimate of drug-likeness (QED) is 0.403. The van der Waals surface area contributed by atoms with Crippen molar-refractivity contribution in [2.75, 3.05) is 5.75 Å². The maximum absolute atomic E-state index is 13.5. The van der Waals surface area contributed by atoms with Crippen molar-refractivity contribution >= 4 is 39.2 Å². The number of likely N-dealkylation sites (tertiary alicyclic amines) is 1. The van der Waals surface area contributed by atoms with E-state index in [0.717, 1.165) is 29.7 Å². The van der Waals surface area contributed by atoms with Gasteiger partial charge in [0.05, 0.1) is 16.8 Å². The first-order valence-corrected chi connectivity index (χ1v) is 12.3. The Morgan fingerprint density at radius 1 is 1.19 bits per heavy atom. The van der Waals surface area contributed by atoms with Gasteiger partial charge in [-0.1, -0.05) is 11.8 Å². The van der Waals surface area contributed by atoms with Crippen LogP contribution in [0.25, 0.3) is 15.9 Å². The van der Waals surface area contributed by atoms with Gasteiger partial charge in [-0.3, -0.25) is 14.2 Å². The number of halogens is 1. The summed E-state index contributed by atoms with van der Waals surface area (Å²) in [6, 6.07) is 6.23. The van der Waals surface area contributed by atoms with E-state index in [0.29, 0.717) is 21.1 Å². The molecule has 0 aliphatic carbocycles. The van der Waals surface area contributed by atoms with Crippen molar-refractivity contribution in [3.8, 4) is 5.69 Å². The highest BCUT2D eigenvalue weighted by Gasteiger charge is 2.29. The van der Waals surface area contributed by atoms with E-state index >= 15 is 0 Å². The number of rotatable bonds is 4. The zero-order valence-corrected chi connectivity index (χ0v) is 19.8. The molecule has 2 atom stereocenters. The van der Waals surface area contributed by atoms with Crippen LogP contribution in [0.1, 0.15) is 43.6 Å². The molecular formula is C23H26FN3O2S2. The molecule has 2 aromatic heterocycles. The van der Waals surface area contributed by atoms with Gasteiger partial charge in [-0.05, 0) is 76.8 Å². The first-order chi connectivity index (χ1) is 14.8. The van der Waals surface area contributed by atoms with Gasteiger partial charge in [0.2, 0.25) is 5.91 Å². The molecule has 0 spiro atoms. The summed E-state index contributed by atoms with van der Waals surface area (Å²) in [6.45, 7) is 8.07. The number of hydrogen-bond donors (Lipinski definition) is 0. The molecule has 0 N–H and O–H groups in total. The summed E-state index contributed by atoms with van der Waals surface area (Å²) >= 11 is 2.75. The Bertz CT molecular complexity index is 1180. The number of aryl methyl sites for hydroxylation is 2. The van der Waals surface area contributed by atoms with Gasteiger partial charge in [-0.2, -0.15) is 0 Å². The molecule has 1 saturated heterocycles. The zero-order valence-electron chi connectivity index (χ0n) is 18.1. The summed E-state index contributed by atoms with van der Waals surface area (Å²) in [7, 11) is 0. The molecule has 0 bridgehead atoms. The Morgan fingerprint density at radius 2 is 1.84 bits per heavy atom. The van der Waals surface area contributed by atoms with Crippen LogP contribution in [0.2, 0.25) is 0 Å². The first kappa shape index (κ1) is 22.0. The van der Waals surface area contributed by atoms with Crippen molar-refractivity contribution in [2.45, 2.75) is 64.2 Å². The van der Waals surface area contributed by atoms with Crippen LogP contribution in [-0.2, 0) is 4.79 Å². The molecule has 1 aromatic carbocycles. The second-order valence-electron chi connectivity index (χ2n) is 8.19. The number of carbonyl (C=O) groups is 1. The van der Waals surface area contributed by atoms with E-state index < -0.39 is 0 Å². The van der Waals surface area contributed by atoms with Gasteiger partial charge in [-0.25, -0.2) is 9.37 Å². The largest absolute Gasteiger partial charge is 0.337 e. The second kappa shape index (κ2) is 8.74. The van der Waals surface area contributed by atoms with Crippen molar-refractivity contribution in [3.05, 3.63) is 50.9 Å². The smallest absolute Gasteiger partial charge is 0.267 e. The van der Waals surface area contributed by atoms with Crippen molar-refractivity contribution in [1.29, 1.82) is 0 Å². The minimum absolute atomic E-state index is 0.0586. The van der Waals surface area contributed by atoms with Crippen LogP contribution in [0, 0.1) is 19.7 Å². The number of hydrogen-bond acceptors (Lipinski definition) is 5. The normalized spacial score (nSPS) is 19.2. The van der Waals surface area contributed by atoms with Crippen molar-refractivity contribution in [1.82, 2.24) is 14.5 Å². The lowest BCUT2D eigenvalue weighted by atomic mass is 9.98. The minimum Gasteiger partial charge on any atom is -0.337 e. The summed E-state index contributed by atoms with van der Waals surface area (Å²) in [4.78, 5) is 34.9. The molecule has 0 radical (unpaired) electrons. The fourth-order valence-corrected chi connectivity index (χ4v) is 6.26. The molecule has 0 saturated carbocycles. The molecule has 31 heavy (non-hydrogen) atoms. The van der Waals surface area contributed by atoms with E-state index in [-0.39, 0.29) is 35.1 Å². The van der Waals surface area contributed by atoms with E-state index in [1.54, 1.807) is 12.1 Å². The number of thioether (sulfide) groups is 1. The average Bonchev–Trinajstić information content (AvgIpc) is 3.01. The van der Waals surface area contributed by atoms with Gasteiger partial charge in [0.1, 0.15) is 10.6 Å². The number of benzene rings is 1. The van der Waals surface area contributed by atoms with Gasteiger partial charge in [0.25, 0.3) is 5.56 Å². The average molecular weight is 460 g/mol. The molecule has 164 valence electrons. The number of fused-ring (bicyclic) bond motifs is 1. The highest BCUT2D eigenvalue weighted by atomic mass is 32.2. The lowest BCUT2D eigenvalue weighted by Gasteiger charge is -2.39. The van der Waals surface area contributed by atoms with Gasteiger partial charge in [0.15, 0.2) is 5.16 Å². The molecule has 1 aliphatic rings. The predicted molar refractivity (Wildman–Crippen MR) is 125 cm³/mol. The maximum Gasteiger partial charge on any atom is 0.267 e. The van der Waals surface area contributed by atoms with E-state index in [9.17, 15) is 14.0 Å². The molecule has 5 nitrogen and oxygen atoms in total. The topological polar surface area (TPSA) is 55.2 Å². The number of amides is 1. The van der Waals surface area contributed by atoms with Crippen LogP contribution < -0.4 is 5.56 Å². The lowest BCUT2D eigenvalue weighted by Crippen LogP contribution is -2.48. The zero-order chi connectivity index (χ0) is 22.3. The Morgan fingerprint density at radius 3 is 2.48 bits per heavy atom. The fraction of sp³-hybridized carbons (Fsp3) is 0.435. The summed E-state index contributed by atoms with van der Waals surface area (Å²) in [5.41, 5.74) is 1.27. The third-order valence-electron chi connectivity index (χ3n) is 6.06. The molecule has 3 aromatic rings. The third kappa shape index (κ3) is 4.15. The van der Waals surface area contributed by atoms with E-state index in [1.807, 2.05) is 18.7 Å². The molecule has 3 heterocycles. The van der Waals surface area contributed by atoms with E-state index in [4.69, 9.17) is 4.98 Å². The summed E-state index contributed by atoms with van der Waals surface area (Å²) in [6.07, 6.45) is 3.16. The van der Waals surface area contributed by atoms with Gasteiger partial charge < -0.3 is 4.90 Å². The van der Waals surface area contributed by atoms with Crippen molar-refractivity contribution in [3.63, 3.8) is 0 Å². The highest BCUT2D eigenvalue weighted by Crippen LogP contribution is 2.30. The monoisotopic (exact) mass is 459 g/mol. The highest BCUT2D eigenvalue weighted by molar-refractivity contribution is 7.99. The van der Waals surface area contributed by atoms with E-state index in [2.05, 4.69) is 13.8 Å². The van der Waals surface area contributed by atoms with E-state index in [1.165, 1.54) is 39.8 Å². The first-order valence-electron chi connectivity index (χ1n) is 10.5. The molecule has 2 unspecified atom stereocenters. The second-order valence-corrected chi connectivity index (χ2v) is 10.3. The third-order valence-corrected chi connectivity index (χ3v) is 8.09. The molecule has 1 amide bonds. The van der Waals surface area contributed by atoms with Crippen LogP contribution >= 0.6 is 23.1 Å². The number of piperidine rings is 1. The number of thiophene rings is 1. The summed E-state index contributed by atoms with van der Waals surface area (Å²) in [5.74, 6) is -0.106. The molecule has 4 rings (SSSR count). The Balaban J connectivity index is 1.74. The fourth-order valence-electron chi connectivity index (χ4n) is 4.30. The standard InChI is InChI=1S/C23H26FN3O2S2/c1-13-6-5-7-14(2)26(13)19(28)12-30-23-25-21-20(15(3)16(4)31-21)22(29)27(23)18-10-8-17(24)9-11-18/h8-11,13-14H,5-7,12H2,1-4H3. The Kier molecular flexibility index (Phi) is 6.21. The molecule has 1 aliphatic heterocycles. The van der Waals surface area contributed by atoms with Gasteiger partial charge >= 0.3 is 0 Å². The van der Waals surface area contributed by atoms with Crippen molar-refractivity contribution in [2.24, 2.45) is 0 Å².